The van der Waals surface area contributed by atoms with Crippen LogP contribution in [-0.4, -0.2) is 61.4 Å². The van der Waals surface area contributed by atoms with Crippen LogP contribution in [0, 0.1) is 5.92 Å². The Kier molecular flexibility index (Phi) is 6.26. The van der Waals surface area contributed by atoms with Gasteiger partial charge in [-0.05, 0) is 50.2 Å². The predicted molar refractivity (Wildman–Crippen MR) is 93.4 cm³/mol. The van der Waals surface area contributed by atoms with E-state index >= 15 is 0 Å². The highest BCUT2D eigenvalue weighted by atomic mass is 16.5. The Labute approximate surface area is 149 Å². The third-order valence-corrected chi connectivity index (χ3v) is 5.32. The second-order valence-corrected chi connectivity index (χ2v) is 7.03. The monoisotopic (exact) mass is 348 g/mol. The molecular weight excluding hydrogens is 320 g/mol. The van der Waals surface area contributed by atoms with Crippen LogP contribution in [0.2, 0.25) is 0 Å². The summed E-state index contributed by atoms with van der Waals surface area (Å²) in [6.45, 7) is 3.22. The van der Waals surface area contributed by atoms with E-state index in [9.17, 15) is 4.79 Å². The number of carbonyl (C=O) groups is 1. The van der Waals surface area contributed by atoms with E-state index in [1.165, 1.54) is 0 Å². The zero-order chi connectivity index (χ0) is 17.5. The zero-order valence-electron chi connectivity index (χ0n) is 15.0. The van der Waals surface area contributed by atoms with Gasteiger partial charge in [-0.1, -0.05) is 0 Å². The van der Waals surface area contributed by atoms with Gasteiger partial charge >= 0.3 is 0 Å². The maximum absolute atomic E-state index is 11.9. The lowest BCUT2D eigenvalue weighted by molar-refractivity contribution is -0.150. The predicted octanol–water partition coefficient (Wildman–Crippen LogP) is 2.28. The molecule has 2 aliphatic rings. The summed E-state index contributed by atoms with van der Waals surface area (Å²) in [5.41, 5.74) is -0.0545. The highest BCUT2D eigenvalue weighted by molar-refractivity contribution is 5.77. The molecule has 1 atom stereocenters. The van der Waals surface area contributed by atoms with Crippen molar-refractivity contribution >= 4 is 5.91 Å². The van der Waals surface area contributed by atoms with Crippen molar-refractivity contribution in [2.75, 3.05) is 40.0 Å². The van der Waals surface area contributed by atoms with E-state index in [0.717, 1.165) is 57.6 Å². The molecule has 0 radical (unpaired) electrons. The Morgan fingerprint density at radius 2 is 2.28 bits per heavy atom. The number of piperidine rings is 1. The smallest absolute Gasteiger partial charge is 0.248 e. The minimum absolute atomic E-state index is 0.0545. The number of methoxy groups -OCH3 is 1. The Balaban J connectivity index is 1.44. The van der Waals surface area contributed by atoms with E-state index < -0.39 is 0 Å². The normalized spacial score (nSPS) is 22.8. The maximum atomic E-state index is 11.9. The van der Waals surface area contributed by atoms with Gasteiger partial charge in [-0.3, -0.25) is 9.78 Å². The Bertz CT molecular complexity index is 544. The minimum Gasteiger partial charge on any atom is -0.492 e. The Morgan fingerprint density at radius 3 is 3.00 bits per heavy atom. The van der Waals surface area contributed by atoms with Gasteiger partial charge in [-0.25, -0.2) is 0 Å². The summed E-state index contributed by atoms with van der Waals surface area (Å²) in [7, 11) is 1.56. The molecular formula is C19H28N2O4. The maximum Gasteiger partial charge on any atom is 0.248 e. The SMILES string of the molecule is COCC(=O)N1CCC2(CC1)CC(CCOc1cccnc1)CCO2. The van der Waals surface area contributed by atoms with Gasteiger partial charge in [0.15, 0.2) is 0 Å². The van der Waals surface area contributed by atoms with Crippen molar-refractivity contribution in [3.05, 3.63) is 24.5 Å². The lowest BCUT2D eigenvalue weighted by atomic mass is 9.78. The fourth-order valence-corrected chi connectivity index (χ4v) is 3.88. The number of pyridine rings is 1. The van der Waals surface area contributed by atoms with Crippen LogP contribution in [0.15, 0.2) is 24.5 Å². The van der Waals surface area contributed by atoms with E-state index in [-0.39, 0.29) is 18.1 Å². The summed E-state index contributed by atoms with van der Waals surface area (Å²) in [5.74, 6) is 1.52. The number of aromatic nitrogens is 1. The fourth-order valence-electron chi connectivity index (χ4n) is 3.88. The van der Waals surface area contributed by atoms with Crippen molar-refractivity contribution in [1.29, 1.82) is 0 Å². The molecule has 2 saturated heterocycles. The first-order valence-corrected chi connectivity index (χ1v) is 9.14. The van der Waals surface area contributed by atoms with Gasteiger partial charge in [0.1, 0.15) is 12.4 Å². The van der Waals surface area contributed by atoms with Crippen molar-refractivity contribution in [2.24, 2.45) is 5.92 Å². The number of nitrogens with zero attached hydrogens (tertiary/aromatic N) is 2. The second-order valence-electron chi connectivity index (χ2n) is 7.03. The van der Waals surface area contributed by atoms with Crippen LogP contribution in [0.25, 0.3) is 0 Å². The van der Waals surface area contributed by atoms with Crippen LogP contribution in [0.3, 0.4) is 0 Å². The van der Waals surface area contributed by atoms with Crippen molar-refractivity contribution in [2.45, 2.75) is 37.7 Å². The molecule has 1 spiro atoms. The molecule has 0 aromatic carbocycles. The van der Waals surface area contributed by atoms with Crippen molar-refractivity contribution in [3.63, 3.8) is 0 Å². The molecule has 2 aliphatic heterocycles. The van der Waals surface area contributed by atoms with Gasteiger partial charge in [0.2, 0.25) is 5.91 Å². The van der Waals surface area contributed by atoms with E-state index in [2.05, 4.69) is 4.98 Å². The average molecular weight is 348 g/mol. The van der Waals surface area contributed by atoms with Crippen molar-refractivity contribution in [1.82, 2.24) is 9.88 Å². The molecule has 2 fully saturated rings. The van der Waals surface area contributed by atoms with Crippen molar-refractivity contribution < 1.29 is 19.0 Å². The summed E-state index contributed by atoms with van der Waals surface area (Å²) in [4.78, 5) is 17.9. The first-order valence-electron chi connectivity index (χ1n) is 9.14. The summed E-state index contributed by atoms with van der Waals surface area (Å²) in [6, 6.07) is 3.82. The molecule has 3 heterocycles. The molecule has 1 aromatic rings. The molecule has 0 N–H and O–H groups in total. The third kappa shape index (κ3) is 4.92. The molecule has 6 heteroatoms. The van der Waals surface area contributed by atoms with E-state index in [1.807, 2.05) is 17.0 Å². The summed E-state index contributed by atoms with van der Waals surface area (Å²) >= 11 is 0. The summed E-state index contributed by atoms with van der Waals surface area (Å²) in [6.07, 6.45) is 8.52. The Hall–Kier alpha value is -1.66. The molecule has 138 valence electrons. The Morgan fingerprint density at radius 1 is 1.44 bits per heavy atom. The van der Waals surface area contributed by atoms with Crippen LogP contribution in [-0.2, 0) is 14.3 Å². The number of rotatable bonds is 6. The fraction of sp³-hybridized carbons (Fsp3) is 0.684. The van der Waals surface area contributed by atoms with Gasteiger partial charge in [0, 0.05) is 33.0 Å². The standard InChI is InChI=1S/C19H28N2O4/c1-23-15-18(22)21-9-6-19(7-10-21)13-16(5-12-25-19)4-11-24-17-3-2-8-20-14-17/h2-3,8,14,16H,4-7,9-13,15H2,1H3. The molecule has 1 unspecified atom stereocenters. The number of hydrogen-bond acceptors (Lipinski definition) is 5. The van der Waals surface area contributed by atoms with Crippen molar-refractivity contribution in [3.8, 4) is 5.75 Å². The first-order chi connectivity index (χ1) is 12.2. The van der Waals surface area contributed by atoms with E-state index in [0.29, 0.717) is 12.5 Å². The van der Waals surface area contributed by atoms with Crippen LogP contribution in [0.5, 0.6) is 5.75 Å². The van der Waals surface area contributed by atoms with Crippen LogP contribution >= 0.6 is 0 Å². The zero-order valence-corrected chi connectivity index (χ0v) is 15.0. The van der Waals surface area contributed by atoms with Gasteiger partial charge < -0.3 is 19.1 Å². The molecule has 0 aliphatic carbocycles. The van der Waals surface area contributed by atoms with Gasteiger partial charge in [-0.2, -0.15) is 0 Å². The van der Waals surface area contributed by atoms with Crippen LogP contribution < -0.4 is 4.74 Å². The topological polar surface area (TPSA) is 60.9 Å². The van der Waals surface area contributed by atoms with Gasteiger partial charge in [0.05, 0.1) is 18.4 Å². The molecule has 0 saturated carbocycles. The first kappa shape index (κ1) is 18.1. The number of hydrogen-bond donors (Lipinski definition) is 0. The molecule has 6 nitrogen and oxygen atoms in total. The van der Waals surface area contributed by atoms with Gasteiger partial charge in [-0.15, -0.1) is 0 Å². The van der Waals surface area contributed by atoms with E-state index in [1.54, 1.807) is 19.5 Å². The highest BCUT2D eigenvalue weighted by Gasteiger charge is 2.40. The largest absolute Gasteiger partial charge is 0.492 e. The van der Waals surface area contributed by atoms with Gasteiger partial charge in [0.25, 0.3) is 0 Å². The summed E-state index contributed by atoms with van der Waals surface area (Å²) < 4.78 is 16.9. The molecule has 25 heavy (non-hydrogen) atoms. The van der Waals surface area contributed by atoms with Crippen LogP contribution in [0.1, 0.15) is 32.1 Å². The van der Waals surface area contributed by atoms with E-state index in [4.69, 9.17) is 14.2 Å². The minimum atomic E-state index is -0.0545. The number of amides is 1. The van der Waals surface area contributed by atoms with Crippen LogP contribution in [0.4, 0.5) is 0 Å². The average Bonchev–Trinajstić information content (AvgIpc) is 2.64. The molecule has 3 rings (SSSR count). The molecule has 0 bridgehead atoms. The number of likely N-dealkylation sites (tertiary alicyclic amines) is 1. The lowest BCUT2D eigenvalue weighted by Gasteiger charge is -2.46. The summed E-state index contributed by atoms with van der Waals surface area (Å²) in [5, 5.41) is 0. The number of carbonyl (C=O) groups excluding carboxylic acids is 1. The molecule has 1 aromatic heterocycles. The second kappa shape index (κ2) is 8.63. The third-order valence-electron chi connectivity index (χ3n) is 5.32. The number of ether oxygens (including phenoxy) is 3. The molecule has 1 amide bonds. The lowest BCUT2D eigenvalue weighted by Crippen LogP contribution is -2.51. The quantitative estimate of drug-likeness (QED) is 0.789. The highest BCUT2D eigenvalue weighted by Crippen LogP contribution is 2.38.